The van der Waals surface area contributed by atoms with Crippen LogP contribution >= 0.6 is 23.4 Å². The number of alkyl halides is 3. The van der Waals surface area contributed by atoms with Crippen LogP contribution in [0.4, 0.5) is 13.2 Å². The lowest BCUT2D eigenvalue weighted by Crippen LogP contribution is -2.41. The van der Waals surface area contributed by atoms with Crippen LogP contribution in [0.15, 0.2) is 29.2 Å². The summed E-state index contributed by atoms with van der Waals surface area (Å²) in [5.41, 5.74) is 0. The third kappa shape index (κ3) is 6.17. The van der Waals surface area contributed by atoms with Crippen molar-refractivity contribution >= 4 is 29.3 Å². The number of thioether (sulfide) groups is 1. The van der Waals surface area contributed by atoms with Crippen molar-refractivity contribution < 1.29 is 23.1 Å². The molecule has 0 aliphatic carbocycles. The normalized spacial score (nSPS) is 13.1. The van der Waals surface area contributed by atoms with Crippen molar-refractivity contribution in [1.82, 2.24) is 5.32 Å². The van der Waals surface area contributed by atoms with Gasteiger partial charge in [0.25, 0.3) is 0 Å². The van der Waals surface area contributed by atoms with E-state index in [1.165, 1.54) is 0 Å². The first-order valence-corrected chi connectivity index (χ1v) is 6.55. The highest BCUT2D eigenvalue weighted by molar-refractivity contribution is 8.00. The van der Waals surface area contributed by atoms with E-state index in [9.17, 15) is 18.0 Å². The van der Waals surface area contributed by atoms with Gasteiger partial charge in [0.05, 0.1) is 12.3 Å². The molecule has 1 amide bonds. The third-order valence-electron chi connectivity index (χ3n) is 2.05. The summed E-state index contributed by atoms with van der Waals surface area (Å²) < 4.78 is 35.9. The maximum absolute atomic E-state index is 12.0. The molecule has 8 heteroatoms. The smallest absolute Gasteiger partial charge is 0.382 e. The molecule has 0 aromatic heterocycles. The minimum absolute atomic E-state index is 0.0355. The van der Waals surface area contributed by atoms with Crippen LogP contribution in [0.25, 0.3) is 0 Å². The average Bonchev–Trinajstić information content (AvgIpc) is 2.34. The topological polar surface area (TPSA) is 49.3 Å². The Hall–Kier alpha value is -0.920. The van der Waals surface area contributed by atoms with E-state index in [-0.39, 0.29) is 5.75 Å². The fourth-order valence-corrected chi connectivity index (χ4v) is 1.91. The van der Waals surface area contributed by atoms with Crippen molar-refractivity contribution in [2.45, 2.75) is 17.2 Å². The molecule has 0 saturated heterocycles. The van der Waals surface area contributed by atoms with Crippen LogP contribution in [0.5, 0.6) is 0 Å². The van der Waals surface area contributed by atoms with Crippen molar-refractivity contribution in [3.63, 3.8) is 0 Å². The van der Waals surface area contributed by atoms with Gasteiger partial charge in [-0.15, -0.1) is 11.8 Å². The lowest BCUT2D eigenvalue weighted by atomic mass is 10.3. The maximum atomic E-state index is 12.0. The van der Waals surface area contributed by atoms with Crippen LogP contribution < -0.4 is 5.32 Å². The molecule has 3 nitrogen and oxygen atoms in total. The molecule has 1 rings (SSSR count). The highest BCUT2D eigenvalue weighted by atomic mass is 35.5. The highest BCUT2D eigenvalue weighted by Gasteiger charge is 2.38. The highest BCUT2D eigenvalue weighted by Crippen LogP contribution is 2.21. The summed E-state index contributed by atoms with van der Waals surface area (Å²) in [6.07, 6.45) is -7.27. The molecule has 0 bridgehead atoms. The number of nitrogens with one attached hydrogen (secondary N) is 1. The van der Waals surface area contributed by atoms with Gasteiger partial charge in [0, 0.05) is 9.92 Å². The van der Waals surface area contributed by atoms with Gasteiger partial charge >= 0.3 is 6.18 Å². The van der Waals surface area contributed by atoms with Crippen molar-refractivity contribution in [3.8, 4) is 0 Å². The first kappa shape index (κ1) is 16.1. The fraction of sp³-hybridized carbons (Fsp3) is 0.364. The number of hydrogen-bond donors (Lipinski definition) is 2. The first-order valence-electron chi connectivity index (χ1n) is 5.19. The Morgan fingerprint density at radius 2 is 1.95 bits per heavy atom. The molecule has 1 aromatic carbocycles. The molecule has 0 saturated carbocycles. The molecule has 106 valence electrons. The van der Waals surface area contributed by atoms with Gasteiger partial charge in [0.1, 0.15) is 0 Å². The van der Waals surface area contributed by atoms with Crippen LogP contribution in [0, 0.1) is 0 Å². The summed E-state index contributed by atoms with van der Waals surface area (Å²) >= 11 is 6.84. The van der Waals surface area contributed by atoms with Crippen LogP contribution in [-0.4, -0.2) is 35.6 Å². The number of aliphatic hydroxyl groups excluding tert-OH is 1. The SMILES string of the molecule is O=C(CSc1ccc(Cl)cc1)NCC(O)C(F)(F)F. The Bertz CT molecular complexity index is 425. The van der Waals surface area contributed by atoms with Crippen molar-refractivity contribution in [3.05, 3.63) is 29.3 Å². The van der Waals surface area contributed by atoms with Crippen LogP contribution in [0.1, 0.15) is 0 Å². The van der Waals surface area contributed by atoms with E-state index in [4.69, 9.17) is 16.7 Å². The summed E-state index contributed by atoms with van der Waals surface area (Å²) in [5.74, 6) is -0.616. The molecule has 2 N–H and O–H groups in total. The third-order valence-corrected chi connectivity index (χ3v) is 3.32. The van der Waals surface area contributed by atoms with Crippen LogP contribution in [-0.2, 0) is 4.79 Å². The van der Waals surface area contributed by atoms with Gasteiger partial charge in [0.2, 0.25) is 5.91 Å². The Kier molecular flexibility index (Phi) is 5.96. The predicted molar refractivity (Wildman–Crippen MR) is 67.2 cm³/mol. The maximum Gasteiger partial charge on any atom is 0.416 e. The Morgan fingerprint density at radius 1 is 1.37 bits per heavy atom. The lowest BCUT2D eigenvalue weighted by molar-refractivity contribution is -0.201. The fourth-order valence-electron chi connectivity index (χ4n) is 1.06. The molecule has 1 unspecified atom stereocenters. The van der Waals surface area contributed by atoms with Gasteiger partial charge in [-0.25, -0.2) is 0 Å². The lowest BCUT2D eigenvalue weighted by Gasteiger charge is -2.14. The molecule has 19 heavy (non-hydrogen) atoms. The van der Waals surface area contributed by atoms with Crippen molar-refractivity contribution in [2.24, 2.45) is 0 Å². The summed E-state index contributed by atoms with van der Waals surface area (Å²) in [6.45, 7) is -0.844. The Labute approximate surface area is 117 Å². The zero-order valence-corrected chi connectivity index (χ0v) is 11.1. The molecular formula is C11H11ClF3NO2S. The first-order chi connectivity index (χ1) is 8.79. The predicted octanol–water partition coefficient (Wildman–Crippen LogP) is 2.47. The van der Waals surface area contributed by atoms with Gasteiger partial charge in [-0.3, -0.25) is 4.79 Å². The zero-order valence-electron chi connectivity index (χ0n) is 9.58. The van der Waals surface area contributed by atoms with E-state index in [0.717, 1.165) is 16.7 Å². The van der Waals surface area contributed by atoms with E-state index in [1.807, 2.05) is 5.32 Å². The zero-order chi connectivity index (χ0) is 14.5. The van der Waals surface area contributed by atoms with Gasteiger partial charge in [-0.05, 0) is 24.3 Å². The van der Waals surface area contributed by atoms with Gasteiger partial charge in [-0.1, -0.05) is 11.6 Å². The molecular weight excluding hydrogens is 303 g/mol. The second kappa shape index (κ2) is 7.02. The number of carbonyl (C=O) groups is 1. The van der Waals surface area contributed by atoms with Gasteiger partial charge < -0.3 is 10.4 Å². The number of carbonyl (C=O) groups excluding carboxylic acids is 1. The molecule has 1 aromatic rings. The number of benzene rings is 1. The van der Waals surface area contributed by atoms with E-state index >= 15 is 0 Å². The van der Waals surface area contributed by atoms with E-state index in [0.29, 0.717) is 5.02 Å². The number of amides is 1. The number of rotatable bonds is 5. The molecule has 0 radical (unpaired) electrons. The Morgan fingerprint density at radius 3 is 2.47 bits per heavy atom. The largest absolute Gasteiger partial charge is 0.416 e. The number of aliphatic hydroxyl groups is 1. The van der Waals surface area contributed by atoms with Gasteiger partial charge in [-0.2, -0.15) is 13.2 Å². The van der Waals surface area contributed by atoms with Crippen molar-refractivity contribution in [1.29, 1.82) is 0 Å². The van der Waals surface area contributed by atoms with Gasteiger partial charge in [0.15, 0.2) is 6.10 Å². The molecule has 0 aliphatic heterocycles. The van der Waals surface area contributed by atoms with E-state index < -0.39 is 24.7 Å². The summed E-state index contributed by atoms with van der Waals surface area (Å²) in [7, 11) is 0. The molecule has 1 atom stereocenters. The number of hydrogen-bond acceptors (Lipinski definition) is 3. The molecule has 0 spiro atoms. The van der Waals surface area contributed by atoms with E-state index in [2.05, 4.69) is 0 Å². The van der Waals surface area contributed by atoms with Crippen LogP contribution in [0.3, 0.4) is 0 Å². The monoisotopic (exact) mass is 313 g/mol. The standard InChI is InChI=1S/C11H11ClF3NO2S/c12-7-1-3-8(4-2-7)19-6-10(18)16-5-9(17)11(13,14)15/h1-4,9,17H,5-6H2,(H,16,18). The number of halogens is 4. The van der Waals surface area contributed by atoms with Crippen molar-refractivity contribution in [2.75, 3.05) is 12.3 Å². The second-order valence-electron chi connectivity index (χ2n) is 3.60. The minimum Gasteiger partial charge on any atom is -0.382 e. The molecule has 0 heterocycles. The van der Waals surface area contributed by atoms with E-state index in [1.54, 1.807) is 24.3 Å². The summed E-state index contributed by atoms with van der Waals surface area (Å²) in [5, 5.41) is 11.3. The van der Waals surface area contributed by atoms with Crippen LogP contribution in [0.2, 0.25) is 5.02 Å². The molecule has 0 aliphatic rings. The Balaban J connectivity index is 2.30. The summed E-state index contributed by atoms with van der Waals surface area (Å²) in [4.78, 5) is 12.1. The average molecular weight is 314 g/mol. The molecule has 0 fully saturated rings. The summed E-state index contributed by atoms with van der Waals surface area (Å²) in [6, 6.07) is 6.69. The quantitative estimate of drug-likeness (QED) is 0.821. The minimum atomic E-state index is -4.73. The second-order valence-corrected chi connectivity index (χ2v) is 5.09.